The van der Waals surface area contributed by atoms with Gasteiger partial charge in [-0.15, -0.1) is 0 Å². The maximum absolute atomic E-state index is 10.9. The Morgan fingerprint density at radius 1 is 1.62 bits per heavy atom. The number of ether oxygens (including phenoxy) is 1. The van der Waals surface area contributed by atoms with Crippen molar-refractivity contribution in [2.75, 3.05) is 26.7 Å². The summed E-state index contributed by atoms with van der Waals surface area (Å²) in [6.07, 6.45) is 0.0402. The molecule has 6 nitrogen and oxygen atoms in total. The Balaban J connectivity index is 2.03. The van der Waals surface area contributed by atoms with Crippen LogP contribution in [0.25, 0.3) is 0 Å². The highest BCUT2D eigenvalue weighted by molar-refractivity contribution is 5.77. The molecule has 1 unspecified atom stereocenters. The van der Waals surface area contributed by atoms with Gasteiger partial charge >= 0.3 is 0 Å². The van der Waals surface area contributed by atoms with Crippen LogP contribution in [0.1, 0.15) is 24.7 Å². The minimum atomic E-state index is -0.150. The lowest BCUT2D eigenvalue weighted by molar-refractivity contribution is -0.116. The number of nitrogens with zero attached hydrogens (tertiary/aromatic N) is 3. The molecule has 1 fully saturated rings. The minimum absolute atomic E-state index is 0.0110. The van der Waals surface area contributed by atoms with E-state index in [0.29, 0.717) is 18.3 Å². The average molecular weight is 225 g/mol. The van der Waals surface area contributed by atoms with Crippen molar-refractivity contribution >= 4 is 5.78 Å². The van der Waals surface area contributed by atoms with Gasteiger partial charge in [-0.05, 0) is 14.0 Å². The van der Waals surface area contributed by atoms with Crippen molar-refractivity contribution in [1.29, 1.82) is 0 Å². The van der Waals surface area contributed by atoms with Crippen molar-refractivity contribution in [2.45, 2.75) is 19.4 Å². The summed E-state index contributed by atoms with van der Waals surface area (Å²) in [6.45, 7) is 3.82. The fraction of sp³-hybridized carbons (Fsp3) is 0.700. The van der Waals surface area contributed by atoms with Gasteiger partial charge in [-0.3, -0.25) is 4.79 Å². The molecule has 0 amide bonds. The van der Waals surface area contributed by atoms with Gasteiger partial charge in [0, 0.05) is 13.1 Å². The Labute approximate surface area is 93.6 Å². The van der Waals surface area contributed by atoms with E-state index in [-0.39, 0.29) is 18.3 Å². The molecule has 1 saturated heterocycles. The smallest absolute Gasteiger partial charge is 0.234 e. The number of rotatable bonds is 3. The zero-order valence-corrected chi connectivity index (χ0v) is 9.47. The van der Waals surface area contributed by atoms with Gasteiger partial charge in [0.15, 0.2) is 0 Å². The van der Waals surface area contributed by atoms with Crippen molar-refractivity contribution in [3.63, 3.8) is 0 Å². The first kappa shape index (κ1) is 11.2. The molecule has 2 rings (SSSR count). The number of Topliss-reactive ketones (excluding diaryl/α,β-unsaturated/α-hetero) is 1. The topological polar surface area (TPSA) is 68.5 Å². The van der Waals surface area contributed by atoms with Gasteiger partial charge in [0.05, 0.1) is 13.0 Å². The highest BCUT2D eigenvalue weighted by Gasteiger charge is 2.24. The van der Waals surface area contributed by atoms with Gasteiger partial charge in [-0.25, -0.2) is 0 Å². The molecular weight excluding hydrogens is 210 g/mol. The van der Waals surface area contributed by atoms with Crippen molar-refractivity contribution in [3.05, 3.63) is 11.7 Å². The molecule has 2 heterocycles. The zero-order valence-electron chi connectivity index (χ0n) is 9.47. The second-order valence-corrected chi connectivity index (χ2v) is 4.05. The first-order valence-corrected chi connectivity index (χ1v) is 5.27. The molecule has 0 aromatic carbocycles. The van der Waals surface area contributed by atoms with E-state index in [1.54, 1.807) is 0 Å². The quantitative estimate of drug-likeness (QED) is 0.732. The van der Waals surface area contributed by atoms with Crippen LogP contribution in [0.5, 0.6) is 0 Å². The van der Waals surface area contributed by atoms with Crippen molar-refractivity contribution < 1.29 is 14.1 Å². The Kier molecular flexibility index (Phi) is 3.31. The second kappa shape index (κ2) is 4.71. The van der Waals surface area contributed by atoms with E-state index in [4.69, 9.17) is 9.26 Å². The van der Waals surface area contributed by atoms with Crippen LogP contribution >= 0.6 is 0 Å². The van der Waals surface area contributed by atoms with E-state index in [2.05, 4.69) is 15.0 Å². The summed E-state index contributed by atoms with van der Waals surface area (Å²) in [5, 5.41) is 3.84. The normalized spacial score (nSPS) is 22.2. The van der Waals surface area contributed by atoms with Crippen molar-refractivity contribution in [2.24, 2.45) is 0 Å². The molecule has 0 bridgehead atoms. The molecule has 6 heteroatoms. The van der Waals surface area contributed by atoms with E-state index in [0.717, 1.165) is 13.1 Å². The van der Waals surface area contributed by atoms with E-state index >= 15 is 0 Å². The largest absolute Gasteiger partial charge is 0.367 e. The molecule has 1 aliphatic heterocycles. The molecule has 88 valence electrons. The first-order chi connectivity index (χ1) is 7.65. The minimum Gasteiger partial charge on any atom is -0.367 e. The van der Waals surface area contributed by atoms with Gasteiger partial charge in [0.2, 0.25) is 11.7 Å². The van der Waals surface area contributed by atoms with E-state index < -0.39 is 0 Å². The van der Waals surface area contributed by atoms with Gasteiger partial charge in [-0.1, -0.05) is 5.16 Å². The maximum Gasteiger partial charge on any atom is 0.234 e. The zero-order chi connectivity index (χ0) is 11.5. The number of ketones is 1. The summed E-state index contributed by atoms with van der Waals surface area (Å²) in [6, 6.07) is 0. The van der Waals surface area contributed by atoms with Crippen LogP contribution in [0.4, 0.5) is 0 Å². The molecule has 0 aliphatic carbocycles. The Hall–Kier alpha value is -1.27. The van der Waals surface area contributed by atoms with Gasteiger partial charge < -0.3 is 14.2 Å². The second-order valence-electron chi connectivity index (χ2n) is 4.05. The first-order valence-electron chi connectivity index (χ1n) is 5.27. The predicted molar refractivity (Wildman–Crippen MR) is 54.9 cm³/mol. The number of carbonyl (C=O) groups excluding carboxylic acids is 1. The summed E-state index contributed by atoms with van der Waals surface area (Å²) in [7, 11) is 2.02. The summed E-state index contributed by atoms with van der Waals surface area (Å²) in [5.41, 5.74) is 0. The number of carbonyl (C=O) groups is 1. The standard InChI is InChI=1S/C10H15N3O3/c1-7(14)5-9-11-10(12-16-9)8-6-13(2)3-4-15-8/h8H,3-6H2,1-2H3. The van der Waals surface area contributed by atoms with Crippen LogP contribution in [0.3, 0.4) is 0 Å². The fourth-order valence-corrected chi connectivity index (χ4v) is 1.62. The van der Waals surface area contributed by atoms with Gasteiger partial charge in [0.25, 0.3) is 0 Å². The number of morpholine rings is 1. The SMILES string of the molecule is CC(=O)Cc1nc(C2CN(C)CCO2)no1. The van der Waals surface area contributed by atoms with Gasteiger partial charge in [0.1, 0.15) is 11.9 Å². The summed E-state index contributed by atoms with van der Waals surface area (Å²) < 4.78 is 10.5. The number of likely N-dealkylation sites (N-methyl/N-ethyl adjacent to an activating group) is 1. The van der Waals surface area contributed by atoms with Crippen LogP contribution in [0.2, 0.25) is 0 Å². The molecule has 0 N–H and O–H groups in total. The molecule has 0 saturated carbocycles. The Morgan fingerprint density at radius 2 is 2.44 bits per heavy atom. The lowest BCUT2D eigenvalue weighted by Crippen LogP contribution is -2.35. The van der Waals surface area contributed by atoms with E-state index in [1.165, 1.54) is 6.92 Å². The van der Waals surface area contributed by atoms with Crippen LogP contribution < -0.4 is 0 Å². The highest BCUT2D eigenvalue weighted by Crippen LogP contribution is 2.18. The predicted octanol–water partition coefficient (Wildman–Crippen LogP) is 0.204. The molecule has 1 atom stereocenters. The van der Waals surface area contributed by atoms with Crippen molar-refractivity contribution in [3.8, 4) is 0 Å². The van der Waals surface area contributed by atoms with Crippen LogP contribution in [0.15, 0.2) is 4.52 Å². The van der Waals surface area contributed by atoms with Crippen molar-refractivity contribution in [1.82, 2.24) is 15.0 Å². The number of hydrogen-bond acceptors (Lipinski definition) is 6. The molecule has 1 aromatic rings. The average Bonchev–Trinajstić information content (AvgIpc) is 2.65. The highest BCUT2D eigenvalue weighted by atomic mass is 16.5. The van der Waals surface area contributed by atoms with Crippen LogP contribution in [0, 0.1) is 0 Å². The third-order valence-electron chi connectivity index (χ3n) is 2.44. The molecule has 0 radical (unpaired) electrons. The molecule has 1 aliphatic rings. The summed E-state index contributed by atoms with van der Waals surface area (Å²) in [5.74, 6) is 0.902. The fourth-order valence-electron chi connectivity index (χ4n) is 1.62. The third-order valence-corrected chi connectivity index (χ3v) is 2.44. The molecule has 0 spiro atoms. The Bertz CT molecular complexity index is 377. The van der Waals surface area contributed by atoms with E-state index in [1.807, 2.05) is 7.05 Å². The molecular formula is C10H15N3O3. The van der Waals surface area contributed by atoms with E-state index in [9.17, 15) is 4.79 Å². The lowest BCUT2D eigenvalue weighted by Gasteiger charge is -2.27. The maximum atomic E-state index is 10.9. The summed E-state index contributed by atoms with van der Waals surface area (Å²) in [4.78, 5) is 17.2. The molecule has 16 heavy (non-hydrogen) atoms. The monoisotopic (exact) mass is 225 g/mol. The third kappa shape index (κ3) is 2.65. The van der Waals surface area contributed by atoms with Crippen LogP contribution in [-0.4, -0.2) is 47.6 Å². The number of hydrogen-bond donors (Lipinski definition) is 0. The lowest BCUT2D eigenvalue weighted by atomic mass is 10.2. The number of aromatic nitrogens is 2. The van der Waals surface area contributed by atoms with Crippen LogP contribution in [-0.2, 0) is 16.0 Å². The van der Waals surface area contributed by atoms with Gasteiger partial charge in [-0.2, -0.15) is 4.98 Å². The summed E-state index contributed by atoms with van der Waals surface area (Å²) >= 11 is 0. The molecule has 1 aromatic heterocycles. The Morgan fingerprint density at radius 3 is 3.12 bits per heavy atom.